The quantitative estimate of drug-likeness (QED) is 0.728. The molecule has 160 valence electrons. The second-order valence-electron chi connectivity index (χ2n) is 8.35. The lowest BCUT2D eigenvalue weighted by Crippen LogP contribution is -2.48. The van der Waals surface area contributed by atoms with Crippen LogP contribution in [-0.4, -0.2) is 56.1 Å². The largest absolute Gasteiger partial charge is 0.497 e. The summed E-state index contributed by atoms with van der Waals surface area (Å²) >= 11 is 0. The minimum absolute atomic E-state index is 0.0488. The molecular weight excluding hydrogens is 376 g/mol. The van der Waals surface area contributed by atoms with Crippen molar-refractivity contribution < 1.29 is 14.3 Å². The van der Waals surface area contributed by atoms with Crippen molar-refractivity contribution in [2.75, 3.05) is 34.4 Å². The average Bonchev–Trinajstić information content (AvgIpc) is 3.32. The van der Waals surface area contributed by atoms with Crippen LogP contribution in [0.25, 0.3) is 0 Å². The number of methoxy groups -OCH3 is 2. The molecule has 1 fully saturated rings. The minimum Gasteiger partial charge on any atom is -0.497 e. The van der Waals surface area contributed by atoms with Crippen LogP contribution in [0.2, 0.25) is 0 Å². The molecule has 0 saturated carbocycles. The molecule has 0 spiro atoms. The van der Waals surface area contributed by atoms with E-state index in [4.69, 9.17) is 9.47 Å². The summed E-state index contributed by atoms with van der Waals surface area (Å²) in [6.07, 6.45) is 4.94. The molecule has 2 aromatic carbocycles. The molecule has 5 heteroatoms. The number of amides is 1. The first kappa shape index (κ1) is 20.7. The number of hydrogen-bond acceptors (Lipinski definition) is 4. The third kappa shape index (κ3) is 4.04. The first-order chi connectivity index (χ1) is 14.6. The third-order valence-corrected chi connectivity index (χ3v) is 6.70. The fraction of sp³-hybridized carbons (Fsp3) is 0.480. The smallest absolute Gasteiger partial charge is 0.227 e. The molecule has 5 nitrogen and oxygen atoms in total. The molecule has 30 heavy (non-hydrogen) atoms. The van der Waals surface area contributed by atoms with E-state index in [9.17, 15) is 4.79 Å². The van der Waals surface area contributed by atoms with Gasteiger partial charge in [0.25, 0.3) is 0 Å². The first-order valence-electron chi connectivity index (χ1n) is 10.9. The fourth-order valence-electron chi connectivity index (χ4n) is 5.10. The third-order valence-electron chi connectivity index (χ3n) is 6.70. The van der Waals surface area contributed by atoms with Crippen molar-refractivity contribution in [3.63, 3.8) is 0 Å². The Hall–Kier alpha value is -2.53. The van der Waals surface area contributed by atoms with Crippen molar-refractivity contribution in [1.82, 2.24) is 9.80 Å². The van der Waals surface area contributed by atoms with Crippen molar-refractivity contribution in [1.29, 1.82) is 0 Å². The number of likely N-dealkylation sites (tertiary alicyclic amines) is 1. The van der Waals surface area contributed by atoms with Gasteiger partial charge >= 0.3 is 0 Å². The van der Waals surface area contributed by atoms with Crippen LogP contribution in [0.1, 0.15) is 42.0 Å². The van der Waals surface area contributed by atoms with Gasteiger partial charge < -0.3 is 14.4 Å². The molecule has 1 aliphatic heterocycles. The predicted molar refractivity (Wildman–Crippen MR) is 118 cm³/mol. The van der Waals surface area contributed by atoms with Gasteiger partial charge in [-0.3, -0.25) is 9.69 Å². The minimum atomic E-state index is 0.0488. The molecule has 0 radical (unpaired) electrons. The Morgan fingerprint density at radius 3 is 2.47 bits per heavy atom. The number of rotatable bonds is 6. The van der Waals surface area contributed by atoms with E-state index < -0.39 is 0 Å². The van der Waals surface area contributed by atoms with Gasteiger partial charge in [0, 0.05) is 13.1 Å². The van der Waals surface area contributed by atoms with E-state index in [0.717, 1.165) is 43.0 Å². The van der Waals surface area contributed by atoms with Crippen molar-refractivity contribution in [3.05, 3.63) is 59.2 Å². The summed E-state index contributed by atoms with van der Waals surface area (Å²) in [6, 6.07) is 14.4. The van der Waals surface area contributed by atoms with E-state index in [2.05, 4.69) is 17.0 Å². The molecule has 0 N–H and O–H groups in total. The lowest BCUT2D eigenvalue weighted by molar-refractivity contribution is -0.133. The fourth-order valence-corrected chi connectivity index (χ4v) is 5.10. The number of fused-ring (bicyclic) bond motifs is 1. The van der Waals surface area contributed by atoms with Crippen molar-refractivity contribution in [3.8, 4) is 11.5 Å². The molecule has 1 amide bonds. The highest BCUT2D eigenvalue weighted by molar-refractivity contribution is 5.79. The molecule has 1 aliphatic carbocycles. The highest BCUT2D eigenvalue weighted by Crippen LogP contribution is 2.41. The summed E-state index contributed by atoms with van der Waals surface area (Å²) in [7, 11) is 5.35. The van der Waals surface area contributed by atoms with Gasteiger partial charge in [-0.1, -0.05) is 24.3 Å². The van der Waals surface area contributed by atoms with Gasteiger partial charge in [0.05, 0.1) is 26.7 Å². The van der Waals surface area contributed by atoms with E-state index >= 15 is 0 Å². The van der Waals surface area contributed by atoms with Crippen molar-refractivity contribution in [2.24, 2.45) is 0 Å². The van der Waals surface area contributed by atoms with Crippen LogP contribution < -0.4 is 9.47 Å². The number of carbonyl (C=O) groups excluding carboxylic acids is 1. The van der Waals surface area contributed by atoms with E-state index in [-0.39, 0.29) is 11.9 Å². The van der Waals surface area contributed by atoms with Crippen molar-refractivity contribution in [2.45, 2.75) is 44.2 Å². The zero-order valence-electron chi connectivity index (χ0n) is 18.3. The summed E-state index contributed by atoms with van der Waals surface area (Å²) in [4.78, 5) is 17.9. The maximum absolute atomic E-state index is 13.3. The van der Waals surface area contributed by atoms with Crippen LogP contribution in [0.3, 0.4) is 0 Å². The second kappa shape index (κ2) is 9.09. The molecule has 2 aliphatic rings. The predicted octanol–water partition coefficient (Wildman–Crippen LogP) is 3.86. The van der Waals surface area contributed by atoms with Crippen molar-refractivity contribution >= 4 is 5.91 Å². The molecule has 4 rings (SSSR count). The van der Waals surface area contributed by atoms with Gasteiger partial charge in [0.1, 0.15) is 11.5 Å². The van der Waals surface area contributed by atoms with Crippen LogP contribution in [0.5, 0.6) is 11.5 Å². The van der Waals surface area contributed by atoms with Crippen LogP contribution in [-0.2, 0) is 17.6 Å². The number of carbonyl (C=O) groups is 1. The van der Waals surface area contributed by atoms with Gasteiger partial charge in [-0.05, 0) is 73.7 Å². The van der Waals surface area contributed by atoms with Gasteiger partial charge in [-0.2, -0.15) is 0 Å². The average molecular weight is 409 g/mol. The van der Waals surface area contributed by atoms with Gasteiger partial charge in [0.15, 0.2) is 0 Å². The number of nitrogens with zero attached hydrogens (tertiary/aromatic N) is 2. The van der Waals surface area contributed by atoms with E-state index in [1.165, 1.54) is 24.0 Å². The van der Waals surface area contributed by atoms with Crippen LogP contribution >= 0.6 is 0 Å². The monoisotopic (exact) mass is 408 g/mol. The SMILES string of the molecule is COc1ccc(CC(=O)N(C)[C@H]2c3cccc(OC)c3CC[C@@H]2N2CCCC2)cc1. The Kier molecular flexibility index (Phi) is 6.28. The Morgan fingerprint density at radius 2 is 1.80 bits per heavy atom. The Labute approximate surface area is 179 Å². The Morgan fingerprint density at radius 1 is 1.07 bits per heavy atom. The van der Waals surface area contributed by atoms with Gasteiger partial charge in [0.2, 0.25) is 5.91 Å². The maximum Gasteiger partial charge on any atom is 0.227 e. The van der Waals surface area contributed by atoms with Crippen LogP contribution in [0.4, 0.5) is 0 Å². The zero-order chi connectivity index (χ0) is 21.1. The number of likely N-dealkylation sites (N-methyl/N-ethyl adjacent to an activating group) is 1. The number of ether oxygens (including phenoxy) is 2. The topological polar surface area (TPSA) is 42.0 Å². The molecule has 0 unspecified atom stereocenters. The summed E-state index contributed by atoms with van der Waals surface area (Å²) in [5.41, 5.74) is 3.50. The summed E-state index contributed by atoms with van der Waals surface area (Å²) in [5.74, 6) is 1.89. The normalized spacial score (nSPS) is 21.2. The Balaban J connectivity index is 1.62. The lowest BCUT2D eigenvalue weighted by Gasteiger charge is -2.44. The first-order valence-corrected chi connectivity index (χ1v) is 10.9. The van der Waals surface area contributed by atoms with E-state index in [1.807, 2.05) is 42.3 Å². The van der Waals surface area contributed by atoms with Gasteiger partial charge in [-0.25, -0.2) is 0 Å². The molecule has 0 aromatic heterocycles. The Bertz CT molecular complexity index is 874. The molecule has 2 atom stereocenters. The van der Waals surface area contributed by atoms with Crippen LogP contribution in [0.15, 0.2) is 42.5 Å². The number of benzene rings is 2. The maximum atomic E-state index is 13.3. The lowest BCUT2D eigenvalue weighted by atomic mass is 9.81. The molecule has 0 bridgehead atoms. The highest BCUT2D eigenvalue weighted by atomic mass is 16.5. The van der Waals surface area contributed by atoms with E-state index in [0.29, 0.717) is 12.5 Å². The standard InChI is InChI=1S/C25H32N2O3/c1-26(24(28)17-18-9-11-19(29-2)12-10-18)25-21-7-6-8-23(30-3)20(21)13-14-22(25)27-15-4-5-16-27/h6-12,22,25H,4-5,13-17H2,1-3H3/t22-,25-/m0/s1. The highest BCUT2D eigenvalue weighted by Gasteiger charge is 2.39. The second-order valence-corrected chi connectivity index (χ2v) is 8.35. The molecular formula is C25H32N2O3. The molecule has 1 heterocycles. The van der Waals surface area contributed by atoms with E-state index in [1.54, 1.807) is 14.2 Å². The van der Waals surface area contributed by atoms with Crippen LogP contribution in [0, 0.1) is 0 Å². The summed E-state index contributed by atoms with van der Waals surface area (Å²) in [6.45, 7) is 2.25. The van der Waals surface area contributed by atoms with Gasteiger partial charge in [-0.15, -0.1) is 0 Å². The summed E-state index contributed by atoms with van der Waals surface area (Å²) < 4.78 is 10.9. The summed E-state index contributed by atoms with van der Waals surface area (Å²) in [5, 5.41) is 0. The number of hydrogen-bond donors (Lipinski definition) is 0. The molecule has 1 saturated heterocycles. The molecule has 2 aromatic rings. The zero-order valence-corrected chi connectivity index (χ0v) is 18.3.